The predicted molar refractivity (Wildman–Crippen MR) is 54.1 cm³/mol. The molecule has 1 N–H and O–H groups in total. The van der Waals surface area contributed by atoms with Crippen LogP contribution in [0.4, 0.5) is 0 Å². The van der Waals surface area contributed by atoms with Crippen molar-refractivity contribution in [3.63, 3.8) is 0 Å². The molecule has 1 aromatic rings. The monoisotopic (exact) mass is 258 g/mol. The fourth-order valence-corrected chi connectivity index (χ4v) is 2.19. The third-order valence-corrected chi connectivity index (χ3v) is 2.95. The minimum absolute atomic E-state index is 0.0768. The molecule has 13 heavy (non-hydrogen) atoms. The molecule has 0 aromatic carbocycles. The van der Waals surface area contributed by atoms with Gasteiger partial charge < -0.3 is 5.32 Å². The predicted octanol–water partition coefficient (Wildman–Crippen LogP) is 2.04. The van der Waals surface area contributed by atoms with E-state index in [1.165, 1.54) is 0 Å². The van der Waals surface area contributed by atoms with Crippen molar-refractivity contribution in [1.82, 2.24) is 5.32 Å². The molecule has 0 aliphatic heterocycles. The van der Waals surface area contributed by atoms with Crippen LogP contribution in [0.1, 0.15) is 11.3 Å². The van der Waals surface area contributed by atoms with E-state index in [-0.39, 0.29) is 12.3 Å². The van der Waals surface area contributed by atoms with Crippen molar-refractivity contribution in [3.05, 3.63) is 20.8 Å². The van der Waals surface area contributed by atoms with Crippen LogP contribution in [0, 0.1) is 11.3 Å². The van der Waals surface area contributed by atoms with Gasteiger partial charge in [0.1, 0.15) is 6.42 Å². The van der Waals surface area contributed by atoms with E-state index in [9.17, 15) is 4.79 Å². The molecular weight excluding hydrogens is 252 g/mol. The Morgan fingerprint density at radius 1 is 1.69 bits per heavy atom. The first-order valence-corrected chi connectivity index (χ1v) is 5.21. The molecule has 0 saturated carbocycles. The third kappa shape index (κ3) is 3.57. The number of nitriles is 1. The maximum atomic E-state index is 10.9. The van der Waals surface area contributed by atoms with Gasteiger partial charge in [-0.3, -0.25) is 4.79 Å². The van der Waals surface area contributed by atoms with Crippen LogP contribution in [0.2, 0.25) is 0 Å². The van der Waals surface area contributed by atoms with Gasteiger partial charge in [-0.25, -0.2) is 0 Å². The third-order valence-electron chi connectivity index (χ3n) is 1.33. The van der Waals surface area contributed by atoms with Crippen LogP contribution in [0.5, 0.6) is 0 Å². The number of hydrogen-bond acceptors (Lipinski definition) is 3. The molecule has 0 atom stereocenters. The highest BCUT2D eigenvalue weighted by atomic mass is 79.9. The smallest absolute Gasteiger partial charge is 0.234 e. The second kappa shape index (κ2) is 5.00. The fraction of sp³-hybridized carbons (Fsp3) is 0.250. The van der Waals surface area contributed by atoms with Crippen LogP contribution in [0.15, 0.2) is 15.9 Å². The summed E-state index contributed by atoms with van der Waals surface area (Å²) >= 11 is 4.89. The van der Waals surface area contributed by atoms with Crippen molar-refractivity contribution in [2.45, 2.75) is 13.0 Å². The maximum absolute atomic E-state index is 10.9. The van der Waals surface area contributed by atoms with Gasteiger partial charge in [-0.2, -0.15) is 5.26 Å². The Balaban J connectivity index is 2.36. The average molecular weight is 259 g/mol. The number of carbonyl (C=O) groups excluding carboxylic acids is 1. The molecule has 5 heteroatoms. The minimum Gasteiger partial charge on any atom is -0.350 e. The SMILES string of the molecule is N#CCC(=O)NCc1ccc(Br)s1. The molecule has 1 rings (SSSR count). The van der Waals surface area contributed by atoms with Gasteiger partial charge in [0.15, 0.2) is 0 Å². The zero-order valence-corrected chi connectivity index (χ0v) is 9.11. The molecule has 0 bridgehead atoms. The van der Waals surface area contributed by atoms with Gasteiger partial charge in [0.05, 0.1) is 16.4 Å². The van der Waals surface area contributed by atoms with Gasteiger partial charge >= 0.3 is 0 Å². The quantitative estimate of drug-likeness (QED) is 0.903. The van der Waals surface area contributed by atoms with Crippen molar-refractivity contribution in [2.24, 2.45) is 0 Å². The Morgan fingerprint density at radius 2 is 2.46 bits per heavy atom. The molecule has 0 radical (unpaired) electrons. The zero-order chi connectivity index (χ0) is 9.68. The summed E-state index contributed by atoms with van der Waals surface area (Å²) < 4.78 is 1.04. The van der Waals surface area contributed by atoms with Gasteiger partial charge in [0.25, 0.3) is 0 Å². The van der Waals surface area contributed by atoms with Gasteiger partial charge in [0, 0.05) is 4.88 Å². The summed E-state index contributed by atoms with van der Waals surface area (Å²) in [5.41, 5.74) is 0. The lowest BCUT2D eigenvalue weighted by molar-refractivity contribution is -0.120. The number of nitrogens with one attached hydrogen (secondary N) is 1. The van der Waals surface area contributed by atoms with Crippen LogP contribution >= 0.6 is 27.3 Å². The molecule has 0 unspecified atom stereocenters. The van der Waals surface area contributed by atoms with Crippen LogP contribution in [-0.2, 0) is 11.3 Å². The topological polar surface area (TPSA) is 52.9 Å². The van der Waals surface area contributed by atoms with Gasteiger partial charge in [-0.05, 0) is 28.1 Å². The Bertz CT molecular complexity index is 342. The minimum atomic E-state index is -0.230. The second-order valence-corrected chi connectivity index (χ2v) is 4.87. The Labute approximate surface area is 88.5 Å². The Hall–Kier alpha value is -0.860. The summed E-state index contributed by atoms with van der Waals surface area (Å²) in [5, 5.41) is 10.9. The van der Waals surface area contributed by atoms with Crippen molar-refractivity contribution < 1.29 is 4.79 Å². The molecule has 0 fully saturated rings. The second-order valence-electron chi connectivity index (χ2n) is 2.32. The molecule has 1 amide bonds. The average Bonchev–Trinajstić information content (AvgIpc) is 2.49. The van der Waals surface area contributed by atoms with E-state index in [1.807, 2.05) is 12.1 Å². The highest BCUT2D eigenvalue weighted by Gasteiger charge is 2.01. The van der Waals surface area contributed by atoms with Gasteiger partial charge in [-0.15, -0.1) is 11.3 Å². The number of nitrogens with zero attached hydrogens (tertiary/aromatic N) is 1. The van der Waals surface area contributed by atoms with Gasteiger partial charge in [-0.1, -0.05) is 0 Å². The van der Waals surface area contributed by atoms with Crippen LogP contribution in [0.3, 0.4) is 0 Å². The highest BCUT2D eigenvalue weighted by Crippen LogP contribution is 2.21. The first kappa shape index (κ1) is 10.2. The van der Waals surface area contributed by atoms with Crippen molar-refractivity contribution in [3.8, 4) is 6.07 Å². The van der Waals surface area contributed by atoms with Crippen LogP contribution in [-0.4, -0.2) is 5.91 Å². The first-order chi connectivity index (χ1) is 6.22. The Kier molecular flexibility index (Phi) is 3.93. The summed E-state index contributed by atoms with van der Waals surface area (Å²) in [5.74, 6) is -0.230. The van der Waals surface area contributed by atoms with Crippen molar-refractivity contribution in [2.75, 3.05) is 0 Å². The van der Waals surface area contributed by atoms with Crippen molar-refractivity contribution >= 4 is 33.2 Å². The van der Waals surface area contributed by atoms with E-state index in [0.29, 0.717) is 6.54 Å². The lowest BCUT2D eigenvalue weighted by Gasteiger charge is -1.98. The van der Waals surface area contributed by atoms with E-state index in [2.05, 4.69) is 21.2 Å². The van der Waals surface area contributed by atoms with E-state index < -0.39 is 0 Å². The number of amides is 1. The maximum Gasteiger partial charge on any atom is 0.234 e. The number of thiophene rings is 1. The lowest BCUT2D eigenvalue weighted by Crippen LogP contribution is -2.21. The molecular formula is C8H7BrN2OS. The molecule has 3 nitrogen and oxygen atoms in total. The number of hydrogen-bond donors (Lipinski definition) is 1. The summed E-state index contributed by atoms with van der Waals surface area (Å²) in [6.45, 7) is 0.497. The molecule has 68 valence electrons. The standard InChI is InChI=1S/C8H7BrN2OS/c9-7-2-1-6(13-7)5-11-8(12)3-4-10/h1-2H,3,5H2,(H,11,12). The van der Waals surface area contributed by atoms with E-state index in [0.717, 1.165) is 8.66 Å². The van der Waals surface area contributed by atoms with Crippen molar-refractivity contribution in [1.29, 1.82) is 5.26 Å². The van der Waals surface area contributed by atoms with Crippen LogP contribution in [0.25, 0.3) is 0 Å². The molecule has 0 saturated heterocycles. The molecule has 1 aromatic heterocycles. The normalized spacial score (nSPS) is 9.23. The summed E-state index contributed by atoms with van der Waals surface area (Å²) in [6, 6.07) is 5.65. The lowest BCUT2D eigenvalue weighted by atomic mass is 10.4. The highest BCUT2D eigenvalue weighted by molar-refractivity contribution is 9.11. The summed E-state index contributed by atoms with van der Waals surface area (Å²) in [4.78, 5) is 12.0. The molecule has 0 aliphatic rings. The summed E-state index contributed by atoms with van der Waals surface area (Å²) in [7, 11) is 0. The largest absolute Gasteiger partial charge is 0.350 e. The van der Waals surface area contributed by atoms with Crippen LogP contribution < -0.4 is 5.32 Å². The molecule has 0 aliphatic carbocycles. The molecule has 0 spiro atoms. The fourth-order valence-electron chi connectivity index (χ4n) is 0.767. The van der Waals surface area contributed by atoms with E-state index in [4.69, 9.17) is 5.26 Å². The zero-order valence-electron chi connectivity index (χ0n) is 6.71. The number of halogens is 1. The molecule has 1 heterocycles. The Morgan fingerprint density at radius 3 is 3.00 bits per heavy atom. The van der Waals surface area contributed by atoms with E-state index in [1.54, 1.807) is 17.4 Å². The summed E-state index contributed by atoms with van der Waals surface area (Å²) in [6.07, 6.45) is -0.0768. The number of rotatable bonds is 3. The van der Waals surface area contributed by atoms with E-state index >= 15 is 0 Å². The first-order valence-electron chi connectivity index (χ1n) is 3.60. The number of carbonyl (C=O) groups is 1. The van der Waals surface area contributed by atoms with Gasteiger partial charge in [0.2, 0.25) is 5.91 Å².